The number of nitrogens with one attached hydrogen (secondary N) is 1. The Morgan fingerprint density at radius 2 is 1.54 bits per heavy atom. The van der Waals surface area contributed by atoms with E-state index in [9.17, 15) is 14.4 Å². The molecule has 0 unspecified atom stereocenters. The third kappa shape index (κ3) is 3.95. The van der Waals surface area contributed by atoms with E-state index in [0.29, 0.717) is 16.9 Å². The summed E-state index contributed by atoms with van der Waals surface area (Å²) in [5, 5.41) is 3.05. The first-order chi connectivity index (χ1) is 18.1. The average Bonchev–Trinajstić information content (AvgIpc) is 3.30. The normalized spacial score (nSPS) is 21.0. The van der Waals surface area contributed by atoms with Gasteiger partial charge in [-0.15, -0.1) is 0 Å². The number of hydrogen-bond donors (Lipinski definition) is 1. The van der Waals surface area contributed by atoms with Gasteiger partial charge in [0.1, 0.15) is 0 Å². The van der Waals surface area contributed by atoms with Crippen LogP contribution in [0.25, 0.3) is 0 Å². The molecular formula is C30H30N4O3. The summed E-state index contributed by atoms with van der Waals surface area (Å²) in [5.74, 6) is -0.780. The average molecular weight is 495 g/mol. The van der Waals surface area contributed by atoms with Gasteiger partial charge in [0, 0.05) is 43.9 Å². The van der Waals surface area contributed by atoms with Crippen molar-refractivity contribution >= 4 is 34.8 Å². The van der Waals surface area contributed by atoms with Gasteiger partial charge in [-0.3, -0.25) is 19.3 Å². The van der Waals surface area contributed by atoms with E-state index in [-0.39, 0.29) is 37.1 Å². The van der Waals surface area contributed by atoms with E-state index < -0.39 is 5.66 Å². The predicted octanol–water partition coefficient (Wildman–Crippen LogP) is 4.79. The zero-order chi connectivity index (χ0) is 25.4. The number of hydrogen-bond acceptors (Lipinski definition) is 4. The van der Waals surface area contributed by atoms with E-state index in [1.54, 1.807) is 34.1 Å². The van der Waals surface area contributed by atoms with Crippen LogP contribution in [-0.2, 0) is 16.1 Å². The molecule has 2 fully saturated rings. The molecule has 7 heteroatoms. The van der Waals surface area contributed by atoms with Gasteiger partial charge in [-0.1, -0.05) is 42.5 Å². The number of piperidine rings is 1. The Bertz CT molecular complexity index is 1330. The van der Waals surface area contributed by atoms with E-state index in [1.165, 1.54) is 19.3 Å². The van der Waals surface area contributed by atoms with Crippen LogP contribution >= 0.6 is 0 Å². The maximum absolute atomic E-state index is 14.1. The fraction of sp³-hybridized carbons (Fsp3) is 0.300. The Morgan fingerprint density at radius 3 is 2.30 bits per heavy atom. The number of nitrogens with zero attached hydrogens (tertiary/aromatic N) is 3. The molecule has 37 heavy (non-hydrogen) atoms. The Kier molecular flexibility index (Phi) is 5.91. The molecule has 2 saturated heterocycles. The van der Waals surface area contributed by atoms with Gasteiger partial charge < -0.3 is 15.1 Å². The van der Waals surface area contributed by atoms with Crippen molar-refractivity contribution in [1.29, 1.82) is 0 Å². The molecule has 188 valence electrons. The van der Waals surface area contributed by atoms with E-state index in [1.807, 2.05) is 54.6 Å². The van der Waals surface area contributed by atoms with Gasteiger partial charge in [0.25, 0.3) is 11.8 Å². The number of fused-ring (bicyclic) bond motifs is 3. The highest BCUT2D eigenvalue weighted by Gasteiger charge is 2.60. The minimum absolute atomic E-state index is 0.159. The zero-order valence-corrected chi connectivity index (χ0v) is 20.7. The Hall–Kier alpha value is -4.13. The van der Waals surface area contributed by atoms with Crippen molar-refractivity contribution < 1.29 is 14.4 Å². The Morgan fingerprint density at radius 1 is 0.838 bits per heavy atom. The lowest BCUT2D eigenvalue weighted by Crippen LogP contribution is -2.69. The first-order valence-corrected chi connectivity index (χ1v) is 13.0. The molecule has 0 spiro atoms. The first-order valence-electron chi connectivity index (χ1n) is 13.0. The molecule has 1 atom stereocenters. The van der Waals surface area contributed by atoms with Crippen LogP contribution in [0.4, 0.5) is 17.1 Å². The van der Waals surface area contributed by atoms with Crippen LogP contribution in [0.3, 0.4) is 0 Å². The highest BCUT2D eigenvalue weighted by Crippen LogP contribution is 2.45. The SMILES string of the molecule is O=C1c2ccccc2N2C(=O)CC[C@]2(C(=O)Nc2ccc(N3CCCCC3)cc2)N1Cc1ccccc1. The van der Waals surface area contributed by atoms with Crippen LogP contribution in [0.5, 0.6) is 0 Å². The number of carbonyl (C=O) groups is 3. The molecule has 3 aliphatic rings. The van der Waals surface area contributed by atoms with Crippen LogP contribution in [0, 0.1) is 0 Å². The smallest absolute Gasteiger partial charge is 0.271 e. The largest absolute Gasteiger partial charge is 0.372 e. The van der Waals surface area contributed by atoms with Crippen molar-refractivity contribution in [3.8, 4) is 0 Å². The summed E-state index contributed by atoms with van der Waals surface area (Å²) in [6, 6.07) is 24.5. The van der Waals surface area contributed by atoms with Gasteiger partial charge in [-0.2, -0.15) is 0 Å². The van der Waals surface area contributed by atoms with Crippen LogP contribution in [0.15, 0.2) is 78.9 Å². The molecular weight excluding hydrogens is 464 g/mol. The van der Waals surface area contributed by atoms with E-state index in [0.717, 1.165) is 24.3 Å². The van der Waals surface area contributed by atoms with Crippen LogP contribution in [-0.4, -0.2) is 41.4 Å². The second kappa shape index (κ2) is 9.39. The lowest BCUT2D eigenvalue weighted by atomic mass is 9.94. The summed E-state index contributed by atoms with van der Waals surface area (Å²) in [4.78, 5) is 46.8. The molecule has 0 bridgehead atoms. The molecule has 3 amide bonds. The van der Waals surface area contributed by atoms with Crippen molar-refractivity contribution in [2.24, 2.45) is 0 Å². The van der Waals surface area contributed by atoms with Gasteiger partial charge in [-0.05, 0) is 61.2 Å². The standard InChI is InChI=1S/C30H30N4O3/c35-27-17-18-30(29(37)31-23-13-15-24(16-14-23)32-19-7-2-8-20-32)33(21-22-9-3-1-4-10-22)28(36)25-11-5-6-12-26(25)34(27)30/h1,3-6,9-16H,2,7-8,17-21H2,(H,31,37)/t30-/m0/s1. The monoisotopic (exact) mass is 494 g/mol. The molecule has 6 rings (SSSR count). The summed E-state index contributed by atoms with van der Waals surface area (Å²) in [5.41, 5.74) is 2.17. The minimum atomic E-state index is -1.44. The molecule has 1 N–H and O–H groups in total. The van der Waals surface area contributed by atoms with Crippen molar-refractivity contribution in [1.82, 2.24) is 4.90 Å². The number of para-hydroxylation sites is 1. The molecule has 3 aromatic rings. The van der Waals surface area contributed by atoms with E-state index in [4.69, 9.17) is 0 Å². The number of rotatable bonds is 5. The highest BCUT2D eigenvalue weighted by atomic mass is 16.2. The van der Waals surface area contributed by atoms with Crippen molar-refractivity contribution in [2.75, 3.05) is 28.2 Å². The maximum atomic E-state index is 14.1. The van der Waals surface area contributed by atoms with Crippen molar-refractivity contribution in [2.45, 2.75) is 44.3 Å². The molecule has 3 heterocycles. The molecule has 0 radical (unpaired) electrons. The topological polar surface area (TPSA) is 73.0 Å². The number of anilines is 3. The first kappa shape index (κ1) is 23.3. The van der Waals surface area contributed by atoms with E-state index >= 15 is 0 Å². The van der Waals surface area contributed by atoms with Crippen LogP contribution < -0.4 is 15.1 Å². The molecule has 0 saturated carbocycles. The second-order valence-corrected chi connectivity index (χ2v) is 9.99. The summed E-state index contributed by atoms with van der Waals surface area (Å²) in [7, 11) is 0. The van der Waals surface area contributed by atoms with Gasteiger partial charge in [0.05, 0.1) is 11.3 Å². The molecule has 3 aliphatic heterocycles. The summed E-state index contributed by atoms with van der Waals surface area (Å²) < 4.78 is 0. The summed E-state index contributed by atoms with van der Waals surface area (Å²) in [6.45, 7) is 2.31. The quantitative estimate of drug-likeness (QED) is 0.553. The zero-order valence-electron chi connectivity index (χ0n) is 20.7. The molecule has 7 nitrogen and oxygen atoms in total. The van der Waals surface area contributed by atoms with Gasteiger partial charge in [0.15, 0.2) is 0 Å². The van der Waals surface area contributed by atoms with Crippen molar-refractivity contribution in [3.05, 3.63) is 90.0 Å². The Labute approximate surface area is 216 Å². The van der Waals surface area contributed by atoms with Gasteiger partial charge in [-0.25, -0.2) is 0 Å². The number of carbonyl (C=O) groups excluding carboxylic acids is 3. The maximum Gasteiger partial charge on any atom is 0.271 e. The highest BCUT2D eigenvalue weighted by molar-refractivity contribution is 6.18. The third-order valence-electron chi connectivity index (χ3n) is 7.77. The van der Waals surface area contributed by atoms with Gasteiger partial charge >= 0.3 is 0 Å². The van der Waals surface area contributed by atoms with Crippen LogP contribution in [0.2, 0.25) is 0 Å². The summed E-state index contributed by atoms with van der Waals surface area (Å²) >= 11 is 0. The predicted molar refractivity (Wildman–Crippen MR) is 143 cm³/mol. The fourth-order valence-electron chi connectivity index (χ4n) is 5.91. The Balaban J connectivity index is 1.36. The van der Waals surface area contributed by atoms with Crippen molar-refractivity contribution in [3.63, 3.8) is 0 Å². The molecule has 0 aromatic heterocycles. The third-order valence-corrected chi connectivity index (χ3v) is 7.77. The minimum Gasteiger partial charge on any atom is -0.372 e. The molecule has 0 aliphatic carbocycles. The summed E-state index contributed by atoms with van der Waals surface area (Å²) in [6.07, 6.45) is 4.07. The second-order valence-electron chi connectivity index (χ2n) is 9.99. The lowest BCUT2D eigenvalue weighted by molar-refractivity contribution is -0.129. The van der Waals surface area contributed by atoms with Crippen LogP contribution in [0.1, 0.15) is 48.0 Å². The van der Waals surface area contributed by atoms with E-state index in [2.05, 4.69) is 10.2 Å². The molecule has 3 aromatic carbocycles. The lowest BCUT2D eigenvalue weighted by Gasteiger charge is -2.49. The number of benzene rings is 3. The fourth-order valence-corrected chi connectivity index (χ4v) is 5.91. The van der Waals surface area contributed by atoms with Gasteiger partial charge in [0.2, 0.25) is 11.6 Å². The number of amides is 3.